The van der Waals surface area contributed by atoms with Crippen molar-refractivity contribution in [2.45, 2.75) is 0 Å². The number of rotatable bonds is 6. The highest BCUT2D eigenvalue weighted by molar-refractivity contribution is 7.19. The van der Waals surface area contributed by atoms with E-state index in [1.165, 1.54) is 11.3 Å². The van der Waals surface area contributed by atoms with Gasteiger partial charge in [-0.2, -0.15) is 0 Å². The molecule has 2 aromatic heterocycles. The number of para-hydroxylation sites is 1. The van der Waals surface area contributed by atoms with Crippen LogP contribution < -0.4 is 4.74 Å². The third-order valence-electron chi connectivity index (χ3n) is 4.16. The van der Waals surface area contributed by atoms with E-state index in [9.17, 15) is 4.79 Å². The van der Waals surface area contributed by atoms with Crippen molar-refractivity contribution in [2.24, 2.45) is 0 Å². The van der Waals surface area contributed by atoms with Gasteiger partial charge in [-0.1, -0.05) is 41.4 Å². The van der Waals surface area contributed by atoms with Crippen LogP contribution in [-0.4, -0.2) is 24.2 Å². The molecule has 0 atom stereocenters. The zero-order chi connectivity index (χ0) is 20.2. The summed E-state index contributed by atoms with van der Waals surface area (Å²) in [6.45, 7) is 0.363. The van der Waals surface area contributed by atoms with Gasteiger partial charge in [-0.15, -0.1) is 11.3 Å². The van der Waals surface area contributed by atoms with Crippen molar-refractivity contribution in [3.05, 3.63) is 81.7 Å². The molecule has 0 radical (unpaired) electrons. The number of hydrogen-bond donors (Lipinski definition) is 0. The number of ether oxygens (including phenoxy) is 2. The van der Waals surface area contributed by atoms with Crippen LogP contribution in [-0.2, 0) is 4.74 Å². The zero-order valence-corrected chi connectivity index (χ0v) is 17.4. The lowest BCUT2D eigenvalue weighted by atomic mass is 10.1. The maximum Gasteiger partial charge on any atom is 0.339 e. The van der Waals surface area contributed by atoms with E-state index in [1.807, 2.05) is 36.4 Å². The van der Waals surface area contributed by atoms with Crippen molar-refractivity contribution in [3.8, 4) is 16.3 Å². The molecule has 0 saturated heterocycles. The Kier molecular flexibility index (Phi) is 6.00. The molecular weight excluding hydrogens is 429 g/mol. The Hall–Kier alpha value is -2.60. The van der Waals surface area contributed by atoms with Gasteiger partial charge in [0.25, 0.3) is 0 Å². The van der Waals surface area contributed by atoms with Crippen molar-refractivity contribution in [1.82, 2.24) is 4.98 Å². The summed E-state index contributed by atoms with van der Waals surface area (Å²) in [5.74, 6) is 0.240. The van der Waals surface area contributed by atoms with E-state index in [1.54, 1.807) is 30.3 Å². The third kappa shape index (κ3) is 4.70. The number of carbonyl (C=O) groups is 1. The molecule has 0 aliphatic carbocycles. The molecule has 2 heterocycles. The molecule has 2 aromatic carbocycles. The van der Waals surface area contributed by atoms with E-state index in [4.69, 9.17) is 32.7 Å². The van der Waals surface area contributed by atoms with E-state index in [0.29, 0.717) is 26.4 Å². The number of esters is 1. The number of carbonyl (C=O) groups excluding carboxylic acids is 1. The summed E-state index contributed by atoms with van der Waals surface area (Å²) in [5.41, 5.74) is 1.87. The lowest BCUT2D eigenvalue weighted by Gasteiger charge is -2.10. The fourth-order valence-electron chi connectivity index (χ4n) is 2.82. The van der Waals surface area contributed by atoms with Gasteiger partial charge >= 0.3 is 5.97 Å². The monoisotopic (exact) mass is 443 g/mol. The maximum atomic E-state index is 12.8. The molecule has 4 aromatic rings. The van der Waals surface area contributed by atoms with Crippen molar-refractivity contribution >= 4 is 51.4 Å². The van der Waals surface area contributed by atoms with Crippen LogP contribution >= 0.6 is 34.5 Å². The second kappa shape index (κ2) is 8.82. The van der Waals surface area contributed by atoms with E-state index in [0.717, 1.165) is 15.8 Å². The third-order valence-corrected chi connectivity index (χ3v) is 5.67. The summed E-state index contributed by atoms with van der Waals surface area (Å²) in [6, 6.07) is 19.9. The van der Waals surface area contributed by atoms with Gasteiger partial charge in [0.2, 0.25) is 0 Å². The Morgan fingerprint density at radius 2 is 1.76 bits per heavy atom. The molecule has 0 unspecified atom stereocenters. The quantitative estimate of drug-likeness (QED) is 0.251. The van der Waals surface area contributed by atoms with Crippen LogP contribution in [0.5, 0.6) is 5.75 Å². The second-order valence-corrected chi connectivity index (χ2v) is 8.27. The van der Waals surface area contributed by atoms with Crippen LogP contribution in [0.2, 0.25) is 9.36 Å². The average molecular weight is 444 g/mol. The lowest BCUT2D eigenvalue weighted by molar-refractivity contribution is 0.0452. The number of benzene rings is 2. The fourth-order valence-corrected chi connectivity index (χ4v) is 3.95. The largest absolute Gasteiger partial charge is 0.490 e. The van der Waals surface area contributed by atoms with Gasteiger partial charge in [-0.05, 0) is 48.5 Å². The Labute approximate surface area is 181 Å². The first-order valence-corrected chi connectivity index (χ1v) is 10.4. The number of fused-ring (bicyclic) bond motifs is 1. The van der Waals surface area contributed by atoms with Gasteiger partial charge in [0.1, 0.15) is 19.0 Å². The van der Waals surface area contributed by atoms with Crippen molar-refractivity contribution in [1.29, 1.82) is 0 Å². The average Bonchev–Trinajstić information content (AvgIpc) is 3.18. The predicted molar refractivity (Wildman–Crippen MR) is 117 cm³/mol. The maximum absolute atomic E-state index is 12.8. The van der Waals surface area contributed by atoms with Crippen LogP contribution in [0.15, 0.2) is 66.7 Å². The van der Waals surface area contributed by atoms with E-state index in [2.05, 4.69) is 4.98 Å². The molecule has 4 nitrogen and oxygen atoms in total. The summed E-state index contributed by atoms with van der Waals surface area (Å²) >= 11 is 13.3. The molecule has 7 heteroatoms. The first kappa shape index (κ1) is 19.7. The molecule has 0 fully saturated rings. The molecule has 0 N–H and O–H groups in total. The first-order valence-electron chi connectivity index (χ1n) is 8.81. The molecule has 146 valence electrons. The molecule has 4 rings (SSSR count). The Bertz CT molecular complexity index is 1160. The highest BCUT2D eigenvalue weighted by Crippen LogP contribution is 2.32. The van der Waals surface area contributed by atoms with Gasteiger partial charge in [0.15, 0.2) is 0 Å². The number of hydrogen-bond acceptors (Lipinski definition) is 5. The van der Waals surface area contributed by atoms with Gasteiger partial charge < -0.3 is 9.47 Å². The number of nitrogens with zero attached hydrogens (tertiary/aromatic N) is 1. The van der Waals surface area contributed by atoms with Crippen LogP contribution in [0, 0.1) is 0 Å². The molecule has 0 saturated carbocycles. The van der Waals surface area contributed by atoms with Crippen LogP contribution in [0.3, 0.4) is 0 Å². The smallest absolute Gasteiger partial charge is 0.339 e. The topological polar surface area (TPSA) is 48.4 Å². The van der Waals surface area contributed by atoms with Gasteiger partial charge in [-0.3, -0.25) is 0 Å². The normalized spacial score (nSPS) is 10.8. The zero-order valence-electron chi connectivity index (χ0n) is 15.1. The summed E-state index contributed by atoms with van der Waals surface area (Å²) in [5, 5.41) is 1.37. The fraction of sp³-hybridized carbons (Fsp3) is 0.0909. The van der Waals surface area contributed by atoms with Crippen molar-refractivity contribution < 1.29 is 14.3 Å². The molecule has 29 heavy (non-hydrogen) atoms. The van der Waals surface area contributed by atoms with E-state index < -0.39 is 5.97 Å². The highest BCUT2D eigenvalue weighted by atomic mass is 35.5. The minimum absolute atomic E-state index is 0.123. The minimum atomic E-state index is -0.424. The van der Waals surface area contributed by atoms with Crippen LogP contribution in [0.25, 0.3) is 21.5 Å². The van der Waals surface area contributed by atoms with E-state index >= 15 is 0 Å². The van der Waals surface area contributed by atoms with Crippen molar-refractivity contribution in [2.75, 3.05) is 13.2 Å². The molecule has 0 bridgehead atoms. The summed E-state index contributed by atoms with van der Waals surface area (Å²) in [6.07, 6.45) is 0. The Balaban J connectivity index is 1.51. The molecule has 0 aliphatic heterocycles. The minimum Gasteiger partial charge on any atom is -0.490 e. The SMILES string of the molecule is O=C(OCCOc1ccc(Cl)cc1)c1cc(-c2ccc(Cl)s2)nc2ccccc12. The number of pyridine rings is 1. The summed E-state index contributed by atoms with van der Waals surface area (Å²) in [7, 11) is 0. The molecule has 0 amide bonds. The van der Waals surface area contributed by atoms with Gasteiger partial charge in [0.05, 0.1) is 26.0 Å². The van der Waals surface area contributed by atoms with Crippen molar-refractivity contribution in [3.63, 3.8) is 0 Å². The number of thiophene rings is 1. The first-order chi connectivity index (χ1) is 14.1. The lowest BCUT2D eigenvalue weighted by Crippen LogP contribution is -2.13. The Morgan fingerprint density at radius 1 is 0.966 bits per heavy atom. The number of halogens is 2. The summed E-state index contributed by atoms with van der Waals surface area (Å²) in [4.78, 5) is 18.3. The van der Waals surface area contributed by atoms with Crippen LogP contribution in [0.4, 0.5) is 0 Å². The predicted octanol–water partition coefficient (Wildman–Crippen LogP) is 6.51. The molecule has 0 aliphatic rings. The van der Waals surface area contributed by atoms with Gasteiger partial charge in [-0.25, -0.2) is 9.78 Å². The highest BCUT2D eigenvalue weighted by Gasteiger charge is 2.16. The number of aromatic nitrogens is 1. The second-order valence-electron chi connectivity index (χ2n) is 6.11. The standard InChI is InChI=1S/C22H15Cl2NO3S/c23-14-5-7-15(8-6-14)27-11-12-28-22(26)17-13-19(20-9-10-21(24)29-20)25-18-4-2-1-3-16(17)18/h1-10,13H,11-12H2. The van der Waals surface area contributed by atoms with Gasteiger partial charge in [0, 0.05) is 10.4 Å². The molecular formula is C22H15Cl2NO3S. The van der Waals surface area contributed by atoms with E-state index in [-0.39, 0.29) is 13.2 Å². The van der Waals surface area contributed by atoms with Crippen LogP contribution in [0.1, 0.15) is 10.4 Å². The Morgan fingerprint density at radius 3 is 2.52 bits per heavy atom. The molecule has 0 spiro atoms. The summed E-state index contributed by atoms with van der Waals surface area (Å²) < 4.78 is 11.7.